The van der Waals surface area contributed by atoms with Gasteiger partial charge in [-0.25, -0.2) is 9.97 Å². The second-order valence-corrected chi connectivity index (χ2v) is 1.95. The highest BCUT2D eigenvalue weighted by molar-refractivity contribution is 4.96. The zero-order valence-corrected chi connectivity index (χ0v) is 5.54. The Hall–Kier alpha value is -0.920. The second-order valence-electron chi connectivity index (χ2n) is 1.95. The Morgan fingerprint density at radius 2 is 2.44 bits per heavy atom. The molecule has 1 aromatic heterocycles. The van der Waals surface area contributed by atoms with Crippen LogP contribution in [-0.2, 0) is 6.42 Å². The van der Waals surface area contributed by atoms with Crippen molar-refractivity contribution in [1.82, 2.24) is 9.97 Å². The topological polar surface area (TPSA) is 25.8 Å². The van der Waals surface area contributed by atoms with Gasteiger partial charge in [0.15, 0.2) is 0 Å². The van der Waals surface area contributed by atoms with E-state index in [2.05, 4.69) is 16.9 Å². The Balaban J connectivity index is 2.61. The van der Waals surface area contributed by atoms with Gasteiger partial charge in [0.05, 0.1) is 0 Å². The summed E-state index contributed by atoms with van der Waals surface area (Å²) in [6.07, 6.45) is 5.57. The zero-order valence-electron chi connectivity index (χ0n) is 5.54. The summed E-state index contributed by atoms with van der Waals surface area (Å²) in [6.45, 7) is 2.14. The van der Waals surface area contributed by atoms with Gasteiger partial charge in [0.2, 0.25) is 0 Å². The third-order valence-corrected chi connectivity index (χ3v) is 1.15. The van der Waals surface area contributed by atoms with Crippen LogP contribution in [0, 0.1) is 0 Å². The molecule has 0 aliphatic heterocycles. The van der Waals surface area contributed by atoms with Crippen molar-refractivity contribution in [3.8, 4) is 0 Å². The van der Waals surface area contributed by atoms with Crippen LogP contribution < -0.4 is 0 Å². The number of aryl methyl sites for hydroxylation is 1. The van der Waals surface area contributed by atoms with Crippen LogP contribution in [0.5, 0.6) is 0 Å². The van der Waals surface area contributed by atoms with Crippen molar-refractivity contribution in [3.63, 3.8) is 0 Å². The van der Waals surface area contributed by atoms with Crippen molar-refractivity contribution in [1.29, 1.82) is 0 Å². The molecule has 0 fully saturated rings. The van der Waals surface area contributed by atoms with Gasteiger partial charge in [-0.05, 0) is 12.5 Å². The summed E-state index contributed by atoms with van der Waals surface area (Å²) in [6, 6.07) is 1.95. The highest BCUT2D eigenvalue weighted by atomic mass is 14.8. The fourth-order valence-corrected chi connectivity index (χ4v) is 0.722. The van der Waals surface area contributed by atoms with Gasteiger partial charge in [0.25, 0.3) is 0 Å². The number of hydrogen-bond acceptors (Lipinski definition) is 2. The lowest BCUT2D eigenvalue weighted by Crippen LogP contribution is -1.87. The molecule has 0 aromatic carbocycles. The lowest BCUT2D eigenvalue weighted by atomic mass is 10.2. The predicted octanol–water partition coefficient (Wildman–Crippen LogP) is 1.43. The minimum absolute atomic E-state index is 1.06. The third kappa shape index (κ3) is 1.80. The van der Waals surface area contributed by atoms with Gasteiger partial charge in [0, 0.05) is 11.9 Å². The molecule has 1 aromatic rings. The normalized spacial score (nSPS) is 9.44. The minimum atomic E-state index is 1.06. The number of hydrogen-bond donors (Lipinski definition) is 0. The fourth-order valence-electron chi connectivity index (χ4n) is 0.722. The van der Waals surface area contributed by atoms with Gasteiger partial charge < -0.3 is 0 Å². The first-order valence-electron chi connectivity index (χ1n) is 3.18. The summed E-state index contributed by atoms with van der Waals surface area (Å²) in [5, 5.41) is 0. The molecule has 0 aliphatic rings. The van der Waals surface area contributed by atoms with E-state index in [4.69, 9.17) is 0 Å². The van der Waals surface area contributed by atoms with E-state index in [0.29, 0.717) is 0 Å². The summed E-state index contributed by atoms with van der Waals surface area (Å²) < 4.78 is 0. The molecule has 1 rings (SSSR count). The van der Waals surface area contributed by atoms with E-state index in [1.807, 2.05) is 6.07 Å². The number of rotatable bonds is 2. The Morgan fingerprint density at radius 3 is 3.00 bits per heavy atom. The summed E-state index contributed by atoms with van der Waals surface area (Å²) >= 11 is 0. The molecule has 0 radical (unpaired) electrons. The summed E-state index contributed by atoms with van der Waals surface area (Å²) in [4.78, 5) is 7.87. The molecule has 0 atom stereocenters. The summed E-state index contributed by atoms with van der Waals surface area (Å²) in [5.41, 5.74) is 1.13. The van der Waals surface area contributed by atoms with E-state index in [1.165, 1.54) is 0 Å². The first kappa shape index (κ1) is 6.20. The van der Waals surface area contributed by atoms with Crippen LogP contribution in [0.15, 0.2) is 18.6 Å². The Labute approximate surface area is 55.0 Å². The van der Waals surface area contributed by atoms with Crippen LogP contribution >= 0.6 is 0 Å². The van der Waals surface area contributed by atoms with Crippen LogP contribution in [-0.4, -0.2) is 9.97 Å². The van der Waals surface area contributed by atoms with Gasteiger partial charge in [-0.3, -0.25) is 0 Å². The van der Waals surface area contributed by atoms with Crippen molar-refractivity contribution in [2.75, 3.05) is 0 Å². The van der Waals surface area contributed by atoms with Crippen molar-refractivity contribution in [2.24, 2.45) is 0 Å². The highest BCUT2D eigenvalue weighted by Gasteiger charge is 1.86. The van der Waals surface area contributed by atoms with Crippen molar-refractivity contribution in [2.45, 2.75) is 19.8 Å². The molecule has 0 N–H and O–H groups in total. The van der Waals surface area contributed by atoms with Gasteiger partial charge in [-0.15, -0.1) is 0 Å². The fraction of sp³-hybridized carbons (Fsp3) is 0.429. The molecule has 0 saturated carbocycles. The van der Waals surface area contributed by atoms with Gasteiger partial charge in [-0.2, -0.15) is 0 Å². The number of aromatic nitrogens is 2. The predicted molar refractivity (Wildman–Crippen MR) is 36.0 cm³/mol. The van der Waals surface area contributed by atoms with E-state index in [-0.39, 0.29) is 0 Å². The summed E-state index contributed by atoms with van der Waals surface area (Å²) in [7, 11) is 0. The molecule has 9 heavy (non-hydrogen) atoms. The van der Waals surface area contributed by atoms with Gasteiger partial charge in [0.1, 0.15) is 6.33 Å². The highest BCUT2D eigenvalue weighted by Crippen LogP contribution is 1.94. The summed E-state index contributed by atoms with van der Waals surface area (Å²) in [5.74, 6) is 0. The largest absolute Gasteiger partial charge is 0.245 e. The molecule has 2 heteroatoms. The van der Waals surface area contributed by atoms with E-state index >= 15 is 0 Å². The van der Waals surface area contributed by atoms with E-state index in [9.17, 15) is 0 Å². The van der Waals surface area contributed by atoms with Crippen LogP contribution in [0.2, 0.25) is 0 Å². The van der Waals surface area contributed by atoms with Crippen LogP contribution in [0.25, 0.3) is 0 Å². The van der Waals surface area contributed by atoms with Crippen LogP contribution in [0.1, 0.15) is 19.0 Å². The molecule has 0 aliphatic carbocycles. The van der Waals surface area contributed by atoms with Gasteiger partial charge >= 0.3 is 0 Å². The molecule has 0 spiro atoms. The standard InChI is InChI=1S/C7H10N2/c1-2-3-7-4-5-8-6-9-7/h4-6H,2-3H2,1H3. The molecule has 0 unspecified atom stereocenters. The molecule has 0 amide bonds. The van der Waals surface area contributed by atoms with E-state index in [1.54, 1.807) is 12.5 Å². The quantitative estimate of drug-likeness (QED) is 0.593. The van der Waals surface area contributed by atoms with E-state index < -0.39 is 0 Å². The average Bonchev–Trinajstić information content (AvgIpc) is 1.91. The van der Waals surface area contributed by atoms with Crippen LogP contribution in [0.3, 0.4) is 0 Å². The molecule has 48 valence electrons. The average molecular weight is 122 g/mol. The first-order chi connectivity index (χ1) is 4.43. The second kappa shape index (κ2) is 3.17. The minimum Gasteiger partial charge on any atom is -0.245 e. The molecule has 2 nitrogen and oxygen atoms in total. The molecular weight excluding hydrogens is 112 g/mol. The van der Waals surface area contributed by atoms with Crippen LogP contribution in [0.4, 0.5) is 0 Å². The van der Waals surface area contributed by atoms with Gasteiger partial charge in [-0.1, -0.05) is 13.3 Å². The van der Waals surface area contributed by atoms with Crippen molar-refractivity contribution < 1.29 is 0 Å². The maximum atomic E-state index is 4.06. The third-order valence-electron chi connectivity index (χ3n) is 1.15. The monoisotopic (exact) mass is 122 g/mol. The first-order valence-corrected chi connectivity index (χ1v) is 3.18. The SMILES string of the molecule is CCCc1ccncn1. The Kier molecular flexibility index (Phi) is 2.19. The molecule has 0 saturated heterocycles. The lowest BCUT2D eigenvalue weighted by molar-refractivity contribution is 0.872. The zero-order chi connectivity index (χ0) is 6.53. The maximum absolute atomic E-state index is 4.06. The molecule has 0 bridgehead atoms. The van der Waals surface area contributed by atoms with Crippen molar-refractivity contribution >= 4 is 0 Å². The molecular formula is C7H10N2. The van der Waals surface area contributed by atoms with E-state index in [0.717, 1.165) is 18.5 Å². The lowest BCUT2D eigenvalue weighted by Gasteiger charge is -1.92. The Morgan fingerprint density at radius 1 is 1.56 bits per heavy atom. The van der Waals surface area contributed by atoms with Crippen molar-refractivity contribution in [3.05, 3.63) is 24.3 Å². The number of nitrogens with zero attached hydrogens (tertiary/aromatic N) is 2. The smallest absolute Gasteiger partial charge is 0.115 e. The molecule has 1 heterocycles. The maximum Gasteiger partial charge on any atom is 0.115 e. The Bertz CT molecular complexity index is 160.